The highest BCUT2D eigenvalue weighted by Gasteiger charge is 2.67. The first-order valence-electron chi connectivity index (χ1n) is 39.3. The Balaban J connectivity index is 0.000000151. The average Bonchev–Trinajstić information content (AvgIpc) is 1.70. The molecule has 24 heteroatoms. The van der Waals surface area contributed by atoms with Gasteiger partial charge >= 0.3 is 11.4 Å². The summed E-state index contributed by atoms with van der Waals surface area (Å²) in [4.78, 5) is 79.2. The highest BCUT2D eigenvalue weighted by molar-refractivity contribution is 8.13. The van der Waals surface area contributed by atoms with Gasteiger partial charge in [0.2, 0.25) is 35.4 Å². The number of amides is 6. The molecule has 9 saturated carbocycles. The molecule has 12 aliphatic rings. The number of aliphatic hydroxyl groups excluding tert-OH is 1. The summed E-state index contributed by atoms with van der Waals surface area (Å²) in [7, 11) is 1.54. The number of carbonyl (C=O) groups excluding carboxylic acids is 6. The molecule has 21 nitrogen and oxygen atoms in total. The van der Waals surface area contributed by atoms with Crippen molar-refractivity contribution in [1.29, 1.82) is 0 Å². The second-order valence-corrected chi connectivity index (χ2v) is 41.8. The smallest absolute Gasteiger partial charge is 0.360 e. The number of rotatable bonds is 9. The van der Waals surface area contributed by atoms with Crippen molar-refractivity contribution in [1.82, 2.24) is 31.9 Å². The van der Waals surface area contributed by atoms with E-state index in [1.165, 1.54) is 12.1 Å². The van der Waals surface area contributed by atoms with Crippen molar-refractivity contribution in [2.75, 3.05) is 0 Å². The van der Waals surface area contributed by atoms with Gasteiger partial charge in [0.1, 0.15) is 5.75 Å². The molecule has 6 amide bonds. The molecule has 0 bridgehead atoms. The fraction of sp³-hybridized carbons (Fsp3) is 0.711. The standard InChI is InChI=1S/C30H42N2O5S.C23H35N5O2.C23H36N2O3.C7H7ClO2S/c1-18-7-9-19(10-8-18)36-38(35)37-23-17-24-30(6,16-14-25(33)31-24)21-13-15-29(5)20(26(21)23)11-12-22(29)27(34)32-28(2,3)4;1-21(2,3)26-20(30)15-7-6-13-19-14(8-10-22(13,15)4)23(5)11-9-18(29)25-17(23)12-16(19)27-28-24;1-21(2,3)25-20(28)15-7-6-13-19-14(8-10-22(13,15)4)23(5)11-9-18(27)24-17(23)12-16(19)26;1-6-2-4-7(5-3-6)11(8,9)10/h7-10,14,16,20-24,26H,11-13,15,17H2,1-6H3,(H,31,33)(H,32,34);9,11,13-17,19H,6-8,10,12H2,1-5H3,(H,25,29)(H,26,30);9,11,13-17,19,26H,6-8,10,12H2,1-5H3,(H,24,27)(H,25,28);2-5H,1H3. The first-order chi connectivity index (χ1) is 49.7. The van der Waals surface area contributed by atoms with Gasteiger partial charge in [-0.1, -0.05) is 100 Å². The Hall–Kier alpha value is -6.10. The molecule has 588 valence electrons. The molecule has 2 aromatic rings. The van der Waals surface area contributed by atoms with Crippen LogP contribution in [0.4, 0.5) is 0 Å². The number of hydrogen-bond acceptors (Lipinski definition) is 13. The zero-order chi connectivity index (χ0) is 78.3. The van der Waals surface area contributed by atoms with E-state index in [-0.39, 0.29) is 167 Å². The number of fused-ring (bicyclic) bond motifs is 15. The summed E-state index contributed by atoms with van der Waals surface area (Å²) in [6.45, 7) is 35.7. The number of hydrogen-bond donors (Lipinski definition) is 7. The maximum atomic E-state index is 13.4. The van der Waals surface area contributed by atoms with Crippen LogP contribution in [0.15, 0.2) is 95.0 Å². The lowest BCUT2D eigenvalue weighted by Crippen LogP contribution is -2.64. The summed E-state index contributed by atoms with van der Waals surface area (Å²) in [6.07, 6.45) is 23.8. The third kappa shape index (κ3) is 16.5. The molecule has 7 N–H and O–H groups in total. The number of benzene rings is 2. The van der Waals surface area contributed by atoms with E-state index in [1.807, 2.05) is 88.3 Å². The molecule has 9 fully saturated rings. The lowest BCUT2D eigenvalue weighted by molar-refractivity contribution is -0.146. The van der Waals surface area contributed by atoms with E-state index in [0.717, 1.165) is 88.2 Å². The molecule has 9 aliphatic carbocycles. The summed E-state index contributed by atoms with van der Waals surface area (Å²) in [5, 5.41) is 34.4. The van der Waals surface area contributed by atoms with Crippen LogP contribution in [0.3, 0.4) is 0 Å². The molecule has 2 aromatic carbocycles. The van der Waals surface area contributed by atoms with Crippen LogP contribution in [0.1, 0.15) is 211 Å². The summed E-state index contributed by atoms with van der Waals surface area (Å²) in [5.74, 6) is 3.17. The summed E-state index contributed by atoms with van der Waals surface area (Å²) in [5.41, 5.74) is 9.88. The molecule has 25 atom stereocenters. The maximum Gasteiger partial charge on any atom is 0.360 e. The summed E-state index contributed by atoms with van der Waals surface area (Å²) < 4.78 is 46.5. The zero-order valence-electron chi connectivity index (χ0n) is 66.1. The first-order valence-corrected chi connectivity index (χ1v) is 42.6. The monoisotopic (exact) mass is 1530 g/mol. The number of aryl methyl sites for hydroxylation is 2. The quantitative estimate of drug-likeness (QED) is 0.0533. The predicted octanol–water partition coefficient (Wildman–Crippen LogP) is 13.6. The molecule has 0 spiro atoms. The second kappa shape index (κ2) is 30.2. The van der Waals surface area contributed by atoms with Crippen LogP contribution in [0.5, 0.6) is 5.75 Å². The lowest BCUT2D eigenvalue weighted by atomic mass is 9.46. The van der Waals surface area contributed by atoms with Crippen LogP contribution in [0.25, 0.3) is 10.4 Å². The SMILES string of the molecule is CC(C)(C)NC(=O)C1CCC2C3C(N=[N+]=[N-])CC4NC(=O)C=CC4(C)C3CCC12C.CC(C)(C)NC(=O)C1CCC2C3C(O)CC4NC(=O)C=CC4(C)C3CCC12C.Cc1ccc(OS(=O)OC2CC3NC(=O)C=CC3(C)C3CCC4(C)C(C(=O)NC(C)(C)C)CCC4C23)cc1.Cc1ccc(S(=O)(=O)Cl)cc1. The van der Waals surface area contributed by atoms with Crippen molar-refractivity contribution >= 4 is 66.5 Å². The van der Waals surface area contributed by atoms with Gasteiger partial charge in [0, 0.05) is 90.4 Å². The van der Waals surface area contributed by atoms with Crippen molar-refractivity contribution in [3.8, 4) is 5.75 Å². The van der Waals surface area contributed by atoms with Gasteiger partial charge in [-0.2, -0.15) is 4.21 Å². The van der Waals surface area contributed by atoms with Gasteiger partial charge in [-0.05, 0) is 290 Å². The molecule has 0 aromatic heterocycles. The minimum atomic E-state index is -3.55. The molecule has 107 heavy (non-hydrogen) atoms. The Bertz CT molecular complexity index is 4020. The molecule has 0 radical (unpaired) electrons. The zero-order valence-corrected chi connectivity index (χ0v) is 68.4. The van der Waals surface area contributed by atoms with Crippen LogP contribution < -0.4 is 36.1 Å². The largest absolute Gasteiger partial charge is 0.393 e. The predicted molar refractivity (Wildman–Crippen MR) is 415 cm³/mol. The van der Waals surface area contributed by atoms with Crippen molar-refractivity contribution in [3.63, 3.8) is 0 Å². The molecule has 0 saturated heterocycles. The summed E-state index contributed by atoms with van der Waals surface area (Å²) >= 11 is -1.99. The van der Waals surface area contributed by atoms with Crippen molar-refractivity contribution in [2.45, 2.75) is 272 Å². The first kappa shape index (κ1) is 81.9. The van der Waals surface area contributed by atoms with Crippen molar-refractivity contribution in [3.05, 3.63) is 107 Å². The van der Waals surface area contributed by atoms with Crippen LogP contribution in [-0.2, 0) is 53.4 Å². The molecule has 3 aliphatic heterocycles. The number of nitrogens with one attached hydrogen (secondary N) is 6. The topological polar surface area (TPSA) is 313 Å². The number of carbonyl (C=O) groups is 6. The maximum absolute atomic E-state index is 13.4. The van der Waals surface area contributed by atoms with Gasteiger partial charge in [0.05, 0.1) is 17.1 Å². The minimum Gasteiger partial charge on any atom is -0.393 e. The van der Waals surface area contributed by atoms with Crippen LogP contribution in [-0.4, -0.2) is 106 Å². The van der Waals surface area contributed by atoms with Crippen LogP contribution >= 0.6 is 10.7 Å². The Morgan fingerprint density at radius 1 is 0.542 bits per heavy atom. The van der Waals surface area contributed by atoms with Gasteiger partial charge in [-0.25, -0.2) is 8.42 Å². The van der Waals surface area contributed by atoms with E-state index >= 15 is 0 Å². The average molecular weight is 1540 g/mol. The van der Waals surface area contributed by atoms with E-state index in [1.54, 1.807) is 42.5 Å². The highest BCUT2D eigenvalue weighted by atomic mass is 35.7. The molecule has 14 rings (SSSR count). The Morgan fingerprint density at radius 2 is 0.897 bits per heavy atom. The molecule has 25 unspecified atom stereocenters. The van der Waals surface area contributed by atoms with E-state index in [2.05, 4.69) is 102 Å². The molecular weight excluding hydrogens is 1410 g/mol. The van der Waals surface area contributed by atoms with Crippen LogP contribution in [0.2, 0.25) is 0 Å². The van der Waals surface area contributed by atoms with Gasteiger partial charge in [-0.3, -0.25) is 33.0 Å². The van der Waals surface area contributed by atoms with E-state index < -0.39 is 26.5 Å². The van der Waals surface area contributed by atoms with Crippen LogP contribution in [0, 0.1) is 117 Å². The Kier molecular flexibility index (Phi) is 23.1. The Morgan fingerprint density at radius 3 is 1.29 bits per heavy atom. The summed E-state index contributed by atoms with van der Waals surface area (Å²) in [6, 6.07) is 13.5. The number of aliphatic hydroxyl groups is 1. The number of nitrogens with zero attached hydrogens (tertiary/aromatic N) is 3. The molecular formula is C83H120ClN9O12S2. The normalized spacial score (nSPS) is 40.0. The van der Waals surface area contributed by atoms with E-state index in [4.69, 9.17) is 19.0 Å². The van der Waals surface area contributed by atoms with Crippen molar-refractivity contribution in [2.24, 2.45) is 109 Å². The number of halogens is 1. The highest BCUT2D eigenvalue weighted by Crippen LogP contribution is 2.69. The van der Waals surface area contributed by atoms with E-state index in [0.29, 0.717) is 48.7 Å². The third-order valence-corrected chi connectivity index (χ3v) is 30.6. The van der Waals surface area contributed by atoms with E-state index in [9.17, 15) is 52.0 Å². The minimum absolute atomic E-state index is 0.00141. The second-order valence-electron chi connectivity index (χ2n) is 38.4. The van der Waals surface area contributed by atoms with Gasteiger partial charge in [0.15, 0.2) is 0 Å². The fourth-order valence-corrected chi connectivity index (χ4v) is 24.8. The molecule has 3 heterocycles. The number of azide groups is 1. The van der Waals surface area contributed by atoms with Gasteiger partial charge in [-0.15, -0.1) is 0 Å². The van der Waals surface area contributed by atoms with Gasteiger partial charge in [0.25, 0.3) is 9.05 Å². The van der Waals surface area contributed by atoms with Gasteiger partial charge < -0.3 is 41.2 Å². The van der Waals surface area contributed by atoms with Crippen molar-refractivity contribution < 1.29 is 54.9 Å². The Labute approximate surface area is 642 Å². The third-order valence-electron chi connectivity index (χ3n) is 28.5. The fourth-order valence-electron chi connectivity index (χ4n) is 23.3. The lowest BCUT2D eigenvalue weighted by Gasteiger charge is -2.60.